The zero-order valence-electron chi connectivity index (χ0n) is 20.3. The van der Waals surface area contributed by atoms with Crippen LogP contribution >= 0.6 is 0 Å². The number of benzene rings is 3. The number of fused-ring (bicyclic) bond motifs is 1. The quantitative estimate of drug-likeness (QED) is 0.342. The number of halogens is 3. The van der Waals surface area contributed by atoms with Crippen LogP contribution in [0.5, 0.6) is 11.5 Å². The summed E-state index contributed by atoms with van der Waals surface area (Å²) in [6.07, 6.45) is -3.49. The van der Waals surface area contributed by atoms with Crippen LogP contribution in [0.3, 0.4) is 0 Å². The molecule has 37 heavy (non-hydrogen) atoms. The summed E-state index contributed by atoms with van der Waals surface area (Å²) in [5, 5.41) is 0. The highest BCUT2D eigenvalue weighted by molar-refractivity contribution is 7.90. The Morgan fingerprint density at radius 3 is 2.41 bits per heavy atom. The first-order chi connectivity index (χ1) is 17.4. The van der Waals surface area contributed by atoms with Gasteiger partial charge in [0.25, 0.3) is 0 Å². The van der Waals surface area contributed by atoms with E-state index in [1.54, 1.807) is 25.1 Å². The topological polar surface area (TPSA) is 90.4 Å². The minimum absolute atomic E-state index is 0.0327. The van der Waals surface area contributed by atoms with Crippen molar-refractivity contribution < 1.29 is 31.1 Å². The predicted octanol–water partition coefficient (Wildman–Crippen LogP) is 5.06. The van der Waals surface area contributed by atoms with Gasteiger partial charge in [-0.25, -0.2) is 13.2 Å². The van der Waals surface area contributed by atoms with E-state index < -0.39 is 39.1 Å². The number of H-pyrrole nitrogens is 1. The van der Waals surface area contributed by atoms with E-state index in [1.807, 2.05) is 0 Å². The summed E-state index contributed by atoms with van der Waals surface area (Å²) < 4.78 is 77.7. The summed E-state index contributed by atoms with van der Waals surface area (Å²) in [6.45, 7) is 2.13. The highest BCUT2D eigenvalue weighted by atomic mass is 32.2. The molecule has 0 unspecified atom stereocenters. The number of methoxy groups -OCH3 is 1. The zero-order valence-corrected chi connectivity index (χ0v) is 21.1. The highest BCUT2D eigenvalue weighted by Gasteiger charge is 2.33. The number of alkyl halides is 3. The van der Waals surface area contributed by atoms with Crippen molar-refractivity contribution in [2.45, 2.75) is 19.1 Å². The SMILES string of the molecule is CCOc1cc([C@H](CS(C)(=O)=O)n2c(=O)[nH]c3cc(-c4ccccc4C(F)(F)F)ccc32)ccc1OC. The number of rotatable bonds is 8. The molecule has 1 aromatic heterocycles. The fourth-order valence-electron chi connectivity index (χ4n) is 4.37. The predicted molar refractivity (Wildman–Crippen MR) is 135 cm³/mol. The number of aromatic amines is 1. The molecule has 0 aliphatic carbocycles. The molecule has 1 atom stereocenters. The molecule has 4 aromatic rings. The second-order valence-corrected chi connectivity index (χ2v) is 10.7. The second kappa shape index (κ2) is 9.97. The van der Waals surface area contributed by atoms with Gasteiger partial charge in [0.1, 0.15) is 9.84 Å². The van der Waals surface area contributed by atoms with Crippen molar-refractivity contribution in [1.29, 1.82) is 0 Å². The second-order valence-electron chi connectivity index (χ2n) is 8.53. The molecule has 0 bridgehead atoms. The van der Waals surface area contributed by atoms with Crippen molar-refractivity contribution >= 4 is 20.9 Å². The van der Waals surface area contributed by atoms with Crippen molar-refractivity contribution in [3.05, 3.63) is 82.3 Å². The van der Waals surface area contributed by atoms with E-state index in [9.17, 15) is 26.4 Å². The number of nitrogens with one attached hydrogen (secondary N) is 1. The average Bonchev–Trinajstić information content (AvgIpc) is 3.16. The van der Waals surface area contributed by atoms with E-state index in [4.69, 9.17) is 9.47 Å². The Morgan fingerprint density at radius 1 is 1.03 bits per heavy atom. The molecule has 0 radical (unpaired) electrons. The number of sulfone groups is 1. The molecule has 1 N–H and O–H groups in total. The molecule has 0 fully saturated rings. The Bertz CT molecular complexity index is 1610. The molecule has 0 amide bonds. The zero-order chi connectivity index (χ0) is 27.0. The van der Waals surface area contributed by atoms with Crippen molar-refractivity contribution in [1.82, 2.24) is 9.55 Å². The number of aromatic nitrogens is 2. The van der Waals surface area contributed by atoms with Gasteiger partial charge in [0.2, 0.25) is 0 Å². The first kappa shape index (κ1) is 26.3. The third-order valence-corrected chi connectivity index (χ3v) is 6.83. The Hall–Kier alpha value is -3.73. The molecule has 196 valence electrons. The number of hydrogen-bond donors (Lipinski definition) is 1. The van der Waals surface area contributed by atoms with E-state index in [2.05, 4.69) is 4.98 Å². The van der Waals surface area contributed by atoms with Crippen molar-refractivity contribution in [3.63, 3.8) is 0 Å². The normalized spacial score (nSPS) is 13.0. The first-order valence-corrected chi connectivity index (χ1v) is 13.4. The monoisotopic (exact) mass is 534 g/mol. The maximum Gasteiger partial charge on any atom is 0.417 e. The maximum atomic E-state index is 13.6. The van der Waals surface area contributed by atoms with Gasteiger partial charge in [-0.3, -0.25) is 4.57 Å². The van der Waals surface area contributed by atoms with Crippen molar-refractivity contribution in [3.8, 4) is 22.6 Å². The molecule has 3 aromatic carbocycles. The first-order valence-electron chi connectivity index (χ1n) is 11.3. The molecular weight excluding hydrogens is 509 g/mol. The molecule has 0 aliphatic heterocycles. The summed E-state index contributed by atoms with van der Waals surface area (Å²) in [7, 11) is -2.09. The van der Waals surface area contributed by atoms with E-state index in [0.29, 0.717) is 29.2 Å². The van der Waals surface area contributed by atoms with Crippen LogP contribution in [0, 0.1) is 0 Å². The molecule has 0 spiro atoms. The van der Waals surface area contributed by atoms with Gasteiger partial charge in [-0.15, -0.1) is 0 Å². The van der Waals surface area contributed by atoms with Gasteiger partial charge in [0, 0.05) is 6.26 Å². The van der Waals surface area contributed by atoms with Crippen molar-refractivity contribution in [2.75, 3.05) is 25.7 Å². The van der Waals surface area contributed by atoms with Crippen LogP contribution in [0.15, 0.2) is 65.5 Å². The van der Waals surface area contributed by atoms with Gasteiger partial charge in [0.15, 0.2) is 11.5 Å². The lowest BCUT2D eigenvalue weighted by atomic mass is 9.99. The average molecular weight is 535 g/mol. The number of ether oxygens (including phenoxy) is 2. The Kier molecular flexibility index (Phi) is 7.09. The lowest BCUT2D eigenvalue weighted by Gasteiger charge is -2.20. The molecule has 4 rings (SSSR count). The fraction of sp³-hybridized carbons (Fsp3) is 0.269. The fourth-order valence-corrected chi connectivity index (χ4v) is 5.28. The Morgan fingerprint density at radius 2 is 1.76 bits per heavy atom. The van der Waals surface area contributed by atoms with Crippen LogP contribution in [-0.2, 0) is 16.0 Å². The molecule has 1 heterocycles. The van der Waals surface area contributed by atoms with E-state index >= 15 is 0 Å². The lowest BCUT2D eigenvalue weighted by molar-refractivity contribution is -0.137. The molecule has 0 saturated carbocycles. The summed E-state index contributed by atoms with van der Waals surface area (Å²) in [5.74, 6) is 0.444. The third-order valence-electron chi connectivity index (χ3n) is 5.90. The van der Waals surface area contributed by atoms with E-state index in [1.165, 1.54) is 48.1 Å². The number of nitrogens with zero attached hydrogens (tertiary/aromatic N) is 1. The molecular formula is C26H25F3N2O5S. The highest BCUT2D eigenvalue weighted by Crippen LogP contribution is 2.38. The molecule has 7 nitrogen and oxygen atoms in total. The summed E-state index contributed by atoms with van der Waals surface area (Å²) in [4.78, 5) is 15.8. The van der Waals surface area contributed by atoms with E-state index in [0.717, 1.165) is 12.3 Å². The van der Waals surface area contributed by atoms with Crippen LogP contribution < -0.4 is 15.2 Å². The minimum atomic E-state index is -4.56. The van der Waals surface area contributed by atoms with Crippen molar-refractivity contribution in [2.24, 2.45) is 0 Å². The Balaban J connectivity index is 1.89. The van der Waals surface area contributed by atoms with Gasteiger partial charge in [-0.2, -0.15) is 13.2 Å². The smallest absolute Gasteiger partial charge is 0.417 e. The summed E-state index contributed by atoms with van der Waals surface area (Å²) in [6, 6.07) is 13.6. The summed E-state index contributed by atoms with van der Waals surface area (Å²) >= 11 is 0. The molecule has 0 aliphatic rings. The van der Waals surface area contributed by atoms with Crippen LogP contribution in [0.4, 0.5) is 13.2 Å². The third kappa shape index (κ3) is 5.51. The number of hydrogen-bond acceptors (Lipinski definition) is 5. The Labute approximate surface area is 211 Å². The lowest BCUT2D eigenvalue weighted by Crippen LogP contribution is -2.28. The largest absolute Gasteiger partial charge is 0.493 e. The van der Waals surface area contributed by atoms with E-state index in [-0.39, 0.29) is 16.6 Å². The molecule has 11 heteroatoms. The van der Waals surface area contributed by atoms with Crippen LogP contribution in [-0.4, -0.2) is 43.7 Å². The standard InChI is InChI=1S/C26H25F3N2O5S/c1-4-36-24-14-17(10-12-23(24)35-2)22(15-37(3,33)34)31-21-11-9-16(13-20(21)30-25(31)32)18-7-5-6-8-19(18)26(27,28)29/h5-14,22H,4,15H2,1-3H3,(H,30,32)/t22-/m0/s1. The van der Waals surface area contributed by atoms with Crippen LogP contribution in [0.25, 0.3) is 22.2 Å². The van der Waals surface area contributed by atoms with Gasteiger partial charge in [-0.05, 0) is 53.9 Å². The van der Waals surface area contributed by atoms with Gasteiger partial charge in [0.05, 0.1) is 42.1 Å². The summed E-state index contributed by atoms with van der Waals surface area (Å²) in [5.41, 5.74) is -0.0564. The minimum Gasteiger partial charge on any atom is -0.493 e. The van der Waals surface area contributed by atoms with Crippen LogP contribution in [0.2, 0.25) is 0 Å². The van der Waals surface area contributed by atoms with Crippen LogP contribution in [0.1, 0.15) is 24.1 Å². The number of imidazole rings is 1. The van der Waals surface area contributed by atoms with Gasteiger partial charge < -0.3 is 14.5 Å². The maximum absolute atomic E-state index is 13.6. The van der Waals surface area contributed by atoms with Gasteiger partial charge >= 0.3 is 11.9 Å². The van der Waals surface area contributed by atoms with Gasteiger partial charge in [-0.1, -0.05) is 30.3 Å². The molecule has 0 saturated heterocycles.